The lowest BCUT2D eigenvalue weighted by Gasteiger charge is -2.49. The number of rotatable bonds is 10. The van der Waals surface area contributed by atoms with Gasteiger partial charge in [0.15, 0.2) is 21.2 Å². The van der Waals surface area contributed by atoms with Gasteiger partial charge in [-0.2, -0.15) is 0 Å². The van der Waals surface area contributed by atoms with E-state index in [0.29, 0.717) is 28.3 Å². The minimum atomic E-state index is -2.11. The Morgan fingerprint density at radius 3 is 1.97 bits per heavy atom. The maximum Gasteiger partial charge on any atom is 0.258 e. The molecule has 2 saturated heterocycles. The van der Waals surface area contributed by atoms with Gasteiger partial charge in [0.2, 0.25) is 17.6 Å². The van der Waals surface area contributed by atoms with Crippen molar-refractivity contribution in [3.63, 3.8) is 0 Å². The van der Waals surface area contributed by atoms with Gasteiger partial charge in [0.25, 0.3) is 11.8 Å². The highest BCUT2D eigenvalue weighted by molar-refractivity contribution is 6.58. The highest BCUT2D eigenvalue weighted by atomic mass is 35.5. The molecule has 4 amide bonds. The first-order valence-electron chi connectivity index (χ1n) is 19.0. The number of hydrogen-bond donors (Lipinski definition) is 1. The molecule has 2 heterocycles. The maximum absolute atomic E-state index is 14.6. The molecule has 0 radical (unpaired) electrons. The summed E-state index contributed by atoms with van der Waals surface area (Å²) in [4.78, 5) is 55.8. The lowest BCUT2D eigenvalue weighted by Crippen LogP contribution is -2.60. The van der Waals surface area contributed by atoms with E-state index in [1.807, 2.05) is 30.4 Å². The summed E-state index contributed by atoms with van der Waals surface area (Å²) in [5.41, 5.74) is 3.11. The second-order valence-electron chi connectivity index (χ2n) is 15.0. The molecule has 0 aromatic heterocycles. The number of halogens is 3. The van der Waals surface area contributed by atoms with Crippen molar-refractivity contribution in [3.8, 4) is 28.7 Å². The summed E-state index contributed by atoms with van der Waals surface area (Å²) in [7, 11) is 5.93. The molecule has 14 heteroatoms. The topological polar surface area (TPSA) is 132 Å². The number of alkyl halides is 2. The molecule has 1 N–H and O–H groups in total. The zero-order chi connectivity index (χ0) is 42.7. The van der Waals surface area contributed by atoms with Crippen LogP contribution in [0.15, 0.2) is 96.6 Å². The number of aromatic hydroxyl groups is 1. The van der Waals surface area contributed by atoms with Crippen LogP contribution < -0.4 is 28.7 Å². The van der Waals surface area contributed by atoms with Crippen molar-refractivity contribution < 1.29 is 47.6 Å². The van der Waals surface area contributed by atoms with Gasteiger partial charge in [-0.25, -0.2) is 9.29 Å². The molecule has 0 unspecified atom stereocenters. The maximum atomic E-state index is 14.6. The van der Waals surface area contributed by atoms with Crippen LogP contribution in [0.1, 0.15) is 29.5 Å². The van der Waals surface area contributed by atoms with Crippen molar-refractivity contribution in [2.24, 2.45) is 23.7 Å². The Morgan fingerprint density at radius 2 is 1.33 bits per heavy atom. The SMILES string of the molecule is COc1ccc(OC)c(C=Cc2ccc(N3C(=O)[C@H]4[C@H](CC=C5[C@H]4C[C@@]4(Cl)C(=O)N(c6ccc(F)cc6)C(=O)[C@@]4(Cl)[C@H]5C=Cc4cc(OC)c(O)c(OC)c4)C3=O)cc2)c1. The van der Waals surface area contributed by atoms with Gasteiger partial charge in [0.1, 0.15) is 17.3 Å². The number of carbonyl (C=O) groups excluding carboxylic acids is 4. The van der Waals surface area contributed by atoms with Crippen molar-refractivity contribution in [3.05, 3.63) is 119 Å². The Hall–Kier alpha value is -6.11. The molecule has 60 heavy (non-hydrogen) atoms. The number of allylic oxidation sites excluding steroid dienone is 3. The number of anilines is 2. The highest BCUT2D eigenvalue weighted by Gasteiger charge is 2.76. The van der Waals surface area contributed by atoms with Gasteiger partial charge in [-0.05, 0) is 96.6 Å². The van der Waals surface area contributed by atoms with Crippen LogP contribution >= 0.6 is 23.2 Å². The molecule has 0 spiro atoms. The first-order valence-corrected chi connectivity index (χ1v) is 19.8. The molecular weight excluding hydrogens is 814 g/mol. The molecular formula is C46H39Cl2FN2O9. The second-order valence-corrected chi connectivity index (χ2v) is 16.2. The third-order valence-electron chi connectivity index (χ3n) is 12.0. The first-order chi connectivity index (χ1) is 28.8. The Balaban J connectivity index is 1.16. The van der Waals surface area contributed by atoms with Crippen LogP contribution in [0.3, 0.4) is 0 Å². The zero-order valence-electron chi connectivity index (χ0n) is 32.9. The number of hydrogen-bond acceptors (Lipinski definition) is 9. The standard InChI is InChI=1S/C46H39Cl2FN2O9/c1-57-31-16-20-36(58-2)27(23-31)9-5-25-6-12-29(13-7-25)50-41(53)33-18-17-32-34(39(33)42(50)54)24-45(47)43(55)51(30-14-10-28(49)11-15-30)44(56)46(45,48)35(32)19-8-26-21-37(59-3)40(52)38(22-26)60-4/h5-17,19-23,33-35,39,52H,18,24H2,1-4H3/t33-,34+,35-,39-,45+,46-/m0/s1. The highest BCUT2D eigenvalue weighted by Crippen LogP contribution is 2.63. The molecule has 3 fully saturated rings. The van der Waals surface area contributed by atoms with Crippen LogP contribution in [0, 0.1) is 29.5 Å². The van der Waals surface area contributed by atoms with Crippen LogP contribution in [0.5, 0.6) is 28.7 Å². The minimum Gasteiger partial charge on any atom is -0.502 e. The summed E-state index contributed by atoms with van der Waals surface area (Å²) in [5, 5.41) is 10.5. The number of imide groups is 2. The van der Waals surface area contributed by atoms with Crippen LogP contribution in [0.25, 0.3) is 18.2 Å². The fraction of sp³-hybridized carbons (Fsp3) is 0.261. The van der Waals surface area contributed by atoms with E-state index in [1.165, 1.54) is 31.3 Å². The number of methoxy groups -OCH3 is 4. The van der Waals surface area contributed by atoms with E-state index in [-0.39, 0.29) is 35.8 Å². The van der Waals surface area contributed by atoms with Crippen LogP contribution in [-0.4, -0.2) is 66.9 Å². The predicted octanol–water partition coefficient (Wildman–Crippen LogP) is 8.05. The van der Waals surface area contributed by atoms with E-state index in [4.69, 9.17) is 42.1 Å². The van der Waals surface area contributed by atoms with Crippen molar-refractivity contribution >= 4 is 76.4 Å². The van der Waals surface area contributed by atoms with Crippen molar-refractivity contribution in [2.75, 3.05) is 38.2 Å². The summed E-state index contributed by atoms with van der Waals surface area (Å²) in [6, 6.07) is 20.4. The number of phenols is 1. The molecule has 6 atom stereocenters. The second kappa shape index (κ2) is 15.5. The lowest BCUT2D eigenvalue weighted by atomic mass is 9.57. The van der Waals surface area contributed by atoms with E-state index < -0.39 is 62.9 Å². The molecule has 2 aliphatic carbocycles. The average molecular weight is 854 g/mol. The van der Waals surface area contributed by atoms with Crippen LogP contribution in [0.4, 0.5) is 15.8 Å². The Labute approximate surface area is 355 Å². The Bertz CT molecular complexity index is 2500. The Morgan fingerprint density at radius 1 is 0.700 bits per heavy atom. The lowest BCUT2D eigenvalue weighted by molar-refractivity contribution is -0.125. The van der Waals surface area contributed by atoms with Gasteiger partial charge < -0.3 is 24.1 Å². The molecule has 11 nitrogen and oxygen atoms in total. The molecule has 8 rings (SSSR count). The average Bonchev–Trinajstić information content (AvgIpc) is 3.60. The third kappa shape index (κ3) is 6.31. The van der Waals surface area contributed by atoms with Gasteiger partial charge in [-0.1, -0.05) is 48.1 Å². The van der Waals surface area contributed by atoms with Gasteiger partial charge in [-0.3, -0.25) is 24.1 Å². The van der Waals surface area contributed by atoms with Gasteiger partial charge >= 0.3 is 0 Å². The van der Waals surface area contributed by atoms with Gasteiger partial charge in [-0.15, -0.1) is 23.2 Å². The molecule has 0 bridgehead atoms. The van der Waals surface area contributed by atoms with Crippen molar-refractivity contribution in [2.45, 2.75) is 22.6 Å². The van der Waals surface area contributed by atoms with Gasteiger partial charge in [0, 0.05) is 11.5 Å². The molecule has 1 saturated carbocycles. The summed E-state index contributed by atoms with van der Waals surface area (Å²) >= 11 is 14.9. The number of ether oxygens (including phenoxy) is 4. The fourth-order valence-corrected chi connectivity index (χ4v) is 9.90. The van der Waals surface area contributed by atoms with Crippen LogP contribution in [0.2, 0.25) is 0 Å². The normalized spacial score (nSPS) is 26.0. The van der Waals surface area contributed by atoms with Gasteiger partial charge in [0.05, 0.1) is 51.6 Å². The van der Waals surface area contributed by atoms with E-state index >= 15 is 0 Å². The summed E-state index contributed by atoms with van der Waals surface area (Å²) in [6.45, 7) is 0. The summed E-state index contributed by atoms with van der Waals surface area (Å²) in [5.74, 6) is -5.29. The monoisotopic (exact) mass is 852 g/mol. The van der Waals surface area contributed by atoms with Crippen molar-refractivity contribution in [1.82, 2.24) is 0 Å². The number of phenolic OH excluding ortho intramolecular Hbond substituents is 1. The third-order valence-corrected chi connectivity index (χ3v) is 13.4. The van der Waals surface area contributed by atoms with E-state index in [2.05, 4.69) is 0 Å². The molecule has 4 aromatic rings. The number of nitrogens with zero attached hydrogens (tertiary/aromatic N) is 2. The van der Waals surface area contributed by atoms with E-state index in [0.717, 1.165) is 28.2 Å². The number of benzene rings is 4. The molecule has 4 aromatic carbocycles. The van der Waals surface area contributed by atoms with E-state index in [1.54, 1.807) is 68.8 Å². The molecule has 2 aliphatic heterocycles. The number of fused-ring (bicyclic) bond motifs is 4. The van der Waals surface area contributed by atoms with E-state index in [9.17, 15) is 28.7 Å². The predicted molar refractivity (Wildman–Crippen MR) is 225 cm³/mol. The van der Waals surface area contributed by atoms with Crippen LogP contribution in [-0.2, 0) is 19.2 Å². The largest absolute Gasteiger partial charge is 0.502 e. The smallest absolute Gasteiger partial charge is 0.258 e. The number of carbonyl (C=O) groups is 4. The first kappa shape index (κ1) is 40.7. The fourth-order valence-electron chi connectivity index (χ4n) is 9.01. The summed E-state index contributed by atoms with van der Waals surface area (Å²) in [6.07, 6.45) is 8.78. The minimum absolute atomic E-state index is 0.0747. The molecule has 4 aliphatic rings. The molecule has 308 valence electrons. The zero-order valence-corrected chi connectivity index (χ0v) is 34.4. The quantitative estimate of drug-likeness (QED) is 0.0729. The summed E-state index contributed by atoms with van der Waals surface area (Å²) < 4.78 is 35.5. The number of amides is 4. The Kier molecular flexibility index (Phi) is 10.5. The van der Waals surface area contributed by atoms with Crippen molar-refractivity contribution in [1.29, 1.82) is 0 Å².